The third-order valence-corrected chi connectivity index (χ3v) is 4.02. The van der Waals surface area contributed by atoms with Gasteiger partial charge in [-0.05, 0) is 11.8 Å². The van der Waals surface area contributed by atoms with Gasteiger partial charge in [0.1, 0.15) is 0 Å². The molecular weight excluding hydrogens is 171 g/mol. The Balaban J connectivity index is 3.36. The maximum Gasteiger partial charge on any atom is 0.194 e. The zero-order valence-electron chi connectivity index (χ0n) is 3.31. The van der Waals surface area contributed by atoms with E-state index in [9.17, 15) is 0 Å². The first kappa shape index (κ1) is 8.27. The molecule has 0 aromatic rings. The van der Waals surface area contributed by atoms with Crippen LogP contribution in [-0.2, 0) is 11.8 Å². The van der Waals surface area contributed by atoms with Gasteiger partial charge in [0, 0.05) is 0 Å². The minimum absolute atomic E-state index is 0.158. The van der Waals surface area contributed by atoms with Gasteiger partial charge >= 0.3 is 0 Å². The van der Waals surface area contributed by atoms with Gasteiger partial charge in [0.25, 0.3) is 0 Å². The summed E-state index contributed by atoms with van der Waals surface area (Å²) in [6, 6.07) is 0. The second-order valence-corrected chi connectivity index (χ2v) is 6.07. The van der Waals surface area contributed by atoms with Crippen LogP contribution >= 0.6 is 28.9 Å². The first-order valence-corrected chi connectivity index (χ1v) is 6.30. The standard InChI is InChI=1S/CH5O2PS3/c2-4(3,5)1-7-6/h6H,1H2,(H2,2,3,5). The Labute approximate surface area is 56.3 Å². The van der Waals surface area contributed by atoms with Crippen molar-refractivity contribution in [1.29, 1.82) is 0 Å². The van der Waals surface area contributed by atoms with Crippen molar-refractivity contribution in [2.24, 2.45) is 0 Å². The second kappa shape index (κ2) is 3.33. The lowest BCUT2D eigenvalue weighted by molar-refractivity contribution is 0.486. The molecule has 0 aromatic carbocycles. The lowest BCUT2D eigenvalue weighted by Gasteiger charge is -2.00. The number of hydrogen-bond acceptors (Lipinski definition) is 3. The van der Waals surface area contributed by atoms with Crippen LogP contribution < -0.4 is 0 Å². The van der Waals surface area contributed by atoms with Gasteiger partial charge in [-0.15, -0.1) is 11.7 Å². The van der Waals surface area contributed by atoms with Gasteiger partial charge in [0.05, 0.1) is 5.49 Å². The van der Waals surface area contributed by atoms with E-state index in [0.717, 1.165) is 10.8 Å². The lowest BCUT2D eigenvalue weighted by Crippen LogP contribution is -1.75. The van der Waals surface area contributed by atoms with Crippen LogP contribution in [0.2, 0.25) is 0 Å². The third-order valence-electron chi connectivity index (χ3n) is 0.226. The molecule has 0 heterocycles. The molecule has 0 saturated carbocycles. The molecule has 0 spiro atoms. The summed E-state index contributed by atoms with van der Waals surface area (Å²) in [6.07, 6.45) is 0. The van der Waals surface area contributed by atoms with E-state index in [0.29, 0.717) is 0 Å². The molecule has 0 aliphatic carbocycles. The molecule has 44 valence electrons. The fraction of sp³-hybridized carbons (Fsp3) is 1.00. The van der Waals surface area contributed by atoms with Gasteiger partial charge < -0.3 is 9.79 Å². The summed E-state index contributed by atoms with van der Waals surface area (Å²) in [5.41, 5.74) is 0.158. The number of hydrogen-bond donors (Lipinski definition) is 3. The van der Waals surface area contributed by atoms with E-state index in [1.54, 1.807) is 0 Å². The van der Waals surface area contributed by atoms with Gasteiger partial charge in [0.2, 0.25) is 0 Å². The molecule has 0 aromatic heterocycles. The van der Waals surface area contributed by atoms with Crippen molar-refractivity contribution < 1.29 is 9.79 Å². The summed E-state index contributed by atoms with van der Waals surface area (Å²) >= 11 is 7.91. The molecule has 6 heteroatoms. The van der Waals surface area contributed by atoms with Crippen LogP contribution in [0.5, 0.6) is 0 Å². The molecule has 2 nitrogen and oxygen atoms in total. The van der Waals surface area contributed by atoms with Crippen LogP contribution in [0, 0.1) is 0 Å². The first-order chi connectivity index (χ1) is 3.06. The van der Waals surface area contributed by atoms with Crippen molar-refractivity contribution in [2.45, 2.75) is 0 Å². The highest BCUT2D eigenvalue weighted by atomic mass is 33.1. The van der Waals surface area contributed by atoms with E-state index in [1.165, 1.54) is 0 Å². The van der Waals surface area contributed by atoms with Gasteiger partial charge in [0.15, 0.2) is 6.49 Å². The lowest BCUT2D eigenvalue weighted by atomic mass is 11.9. The smallest absolute Gasteiger partial charge is 0.194 e. The van der Waals surface area contributed by atoms with E-state index >= 15 is 0 Å². The minimum Gasteiger partial charge on any atom is -0.345 e. The zero-order chi connectivity index (χ0) is 5.91. The van der Waals surface area contributed by atoms with E-state index in [2.05, 4.69) is 23.5 Å². The van der Waals surface area contributed by atoms with Gasteiger partial charge in [-0.2, -0.15) is 0 Å². The molecule has 0 bridgehead atoms. The van der Waals surface area contributed by atoms with Crippen molar-refractivity contribution in [1.82, 2.24) is 0 Å². The molecule has 7 heavy (non-hydrogen) atoms. The van der Waals surface area contributed by atoms with Crippen LogP contribution in [-0.4, -0.2) is 15.3 Å². The molecule has 0 rings (SSSR count). The van der Waals surface area contributed by atoms with Gasteiger partial charge in [-0.25, -0.2) is 0 Å². The molecule has 0 amide bonds. The molecule has 0 aliphatic heterocycles. The molecule has 0 atom stereocenters. The zero-order valence-corrected chi connectivity index (χ0v) is 6.73. The van der Waals surface area contributed by atoms with Gasteiger partial charge in [-0.3, -0.25) is 0 Å². The molecular formula is CH5O2PS3. The Hall–Kier alpha value is 1.27. The van der Waals surface area contributed by atoms with E-state index < -0.39 is 6.49 Å². The quantitative estimate of drug-likeness (QED) is 0.331. The largest absolute Gasteiger partial charge is 0.345 e. The van der Waals surface area contributed by atoms with Crippen LogP contribution in [0.3, 0.4) is 0 Å². The highest BCUT2D eigenvalue weighted by molar-refractivity contribution is 8.70. The Morgan fingerprint density at radius 3 is 2.14 bits per heavy atom. The van der Waals surface area contributed by atoms with Crippen molar-refractivity contribution in [3.8, 4) is 0 Å². The maximum absolute atomic E-state index is 8.43. The first-order valence-electron chi connectivity index (χ1n) is 1.37. The van der Waals surface area contributed by atoms with E-state index in [-0.39, 0.29) is 5.49 Å². The SMILES string of the molecule is OP(O)(=S)CSS. The fourth-order valence-corrected chi connectivity index (χ4v) is 3.30. The summed E-state index contributed by atoms with van der Waals surface area (Å²) in [7, 11) is 1.05. The highest BCUT2D eigenvalue weighted by Gasteiger charge is 2.03. The van der Waals surface area contributed by atoms with Crippen molar-refractivity contribution in [3.05, 3.63) is 0 Å². The maximum atomic E-state index is 8.43. The van der Waals surface area contributed by atoms with E-state index in [4.69, 9.17) is 9.79 Å². The van der Waals surface area contributed by atoms with Crippen LogP contribution in [0.1, 0.15) is 0 Å². The molecule has 0 fully saturated rings. The molecule has 2 N–H and O–H groups in total. The van der Waals surface area contributed by atoms with Gasteiger partial charge in [-0.1, -0.05) is 10.8 Å². The number of rotatable bonds is 2. The molecule has 0 unspecified atom stereocenters. The summed E-state index contributed by atoms with van der Waals surface area (Å²) in [5.74, 6) is 0. The second-order valence-electron chi connectivity index (χ2n) is 0.923. The monoisotopic (exact) mass is 176 g/mol. The Kier molecular flexibility index (Phi) is 3.93. The van der Waals surface area contributed by atoms with Crippen LogP contribution in [0.4, 0.5) is 0 Å². The number of thiol groups is 1. The molecule has 0 aliphatic rings. The third kappa shape index (κ3) is 7.27. The summed E-state index contributed by atoms with van der Waals surface area (Å²) in [6.45, 7) is -2.95. The highest BCUT2D eigenvalue weighted by Crippen LogP contribution is 2.39. The predicted molar refractivity (Wildman–Crippen MR) is 40.2 cm³/mol. The van der Waals surface area contributed by atoms with Crippen molar-refractivity contribution in [3.63, 3.8) is 0 Å². The van der Waals surface area contributed by atoms with E-state index in [1.807, 2.05) is 0 Å². The Bertz CT molecular complexity index is 86.9. The van der Waals surface area contributed by atoms with Crippen LogP contribution in [0.25, 0.3) is 0 Å². The average Bonchev–Trinajstić information content (AvgIpc) is 1.30. The average molecular weight is 176 g/mol. The van der Waals surface area contributed by atoms with Crippen molar-refractivity contribution in [2.75, 3.05) is 5.49 Å². The normalized spacial score (nSPS) is 11.9. The minimum atomic E-state index is -2.95. The molecule has 0 radical (unpaired) electrons. The molecule has 0 saturated heterocycles. The fourth-order valence-electron chi connectivity index (χ4n) is 0.0752. The summed E-state index contributed by atoms with van der Waals surface area (Å²) < 4.78 is 0. The topological polar surface area (TPSA) is 40.5 Å². The van der Waals surface area contributed by atoms with Crippen LogP contribution in [0.15, 0.2) is 0 Å². The Morgan fingerprint density at radius 1 is 1.71 bits per heavy atom. The Morgan fingerprint density at radius 2 is 2.14 bits per heavy atom. The predicted octanol–water partition coefficient (Wildman–Crippen LogP) is 0.816. The van der Waals surface area contributed by atoms with Crippen molar-refractivity contribution >= 4 is 40.8 Å². The summed E-state index contributed by atoms with van der Waals surface area (Å²) in [5, 5.41) is 0. The summed E-state index contributed by atoms with van der Waals surface area (Å²) in [4.78, 5) is 16.9.